The number of alkyl carbamates (subject to hydrolysis) is 1. The molecular formula is C29H27ClF7N9O3. The number of guanidine groups is 1. The van der Waals surface area contributed by atoms with Crippen LogP contribution in [0, 0.1) is 0 Å². The van der Waals surface area contributed by atoms with Gasteiger partial charge in [-0.15, -0.1) is 0 Å². The van der Waals surface area contributed by atoms with Crippen LogP contribution in [0.1, 0.15) is 43.6 Å². The Morgan fingerprint density at radius 2 is 1.84 bits per heavy atom. The van der Waals surface area contributed by atoms with Crippen LogP contribution in [0.3, 0.4) is 0 Å². The summed E-state index contributed by atoms with van der Waals surface area (Å²) in [6.07, 6.45) is -3.29. The maximum Gasteiger partial charge on any atom is 0.411 e. The SMILES string of the molecule is C=N/C=N\N(c1cc([C@@H](COC(=O)NC(C)(C)C(F)(F)F)N2C(=O)[C@@H](c3ccc(-c4cnn(C(F)F)c4)cc3)N=C2N)ccc1Cl)C(F)F. The Hall–Kier alpha value is -5.20. The van der Waals surface area contributed by atoms with Crippen molar-refractivity contribution in [1.29, 1.82) is 0 Å². The topological polar surface area (TPSA) is 143 Å². The third-order valence-electron chi connectivity index (χ3n) is 7.19. The normalized spacial score (nSPS) is 16.0. The summed E-state index contributed by atoms with van der Waals surface area (Å²) in [6, 6.07) is 6.88. The van der Waals surface area contributed by atoms with E-state index in [1.165, 1.54) is 42.6 Å². The number of carbonyl (C=O) groups is 2. The zero-order valence-electron chi connectivity index (χ0n) is 25.5. The molecule has 1 aliphatic rings. The number of halogens is 8. The monoisotopic (exact) mass is 717 g/mol. The van der Waals surface area contributed by atoms with Gasteiger partial charge in [-0.25, -0.2) is 19.5 Å². The van der Waals surface area contributed by atoms with E-state index in [0.717, 1.165) is 23.5 Å². The highest BCUT2D eigenvalue weighted by Crippen LogP contribution is 2.37. The number of amides is 2. The van der Waals surface area contributed by atoms with Gasteiger partial charge in [0.1, 0.15) is 18.5 Å². The van der Waals surface area contributed by atoms with Crippen molar-refractivity contribution in [3.63, 3.8) is 0 Å². The number of ether oxygens (including phenoxy) is 1. The molecule has 2 heterocycles. The molecule has 1 aliphatic heterocycles. The number of anilines is 1. The average molecular weight is 718 g/mol. The fraction of sp³-hybridized carbons (Fsp3) is 0.310. The lowest BCUT2D eigenvalue weighted by molar-refractivity contribution is -0.183. The summed E-state index contributed by atoms with van der Waals surface area (Å²) in [4.78, 5) is 34.7. The lowest BCUT2D eigenvalue weighted by Gasteiger charge is -2.31. The summed E-state index contributed by atoms with van der Waals surface area (Å²) in [5.74, 6) is -1.19. The first kappa shape index (κ1) is 36.6. The van der Waals surface area contributed by atoms with Gasteiger partial charge in [-0.1, -0.05) is 41.9 Å². The molecule has 0 saturated carbocycles. The van der Waals surface area contributed by atoms with Crippen LogP contribution in [0.4, 0.5) is 41.2 Å². The number of hydrogen-bond donors (Lipinski definition) is 2. The number of hydrogen-bond acceptors (Lipinski definition) is 8. The highest BCUT2D eigenvalue weighted by atomic mass is 35.5. The summed E-state index contributed by atoms with van der Waals surface area (Å²) in [6.45, 7) is -2.39. The second-order valence-corrected chi connectivity index (χ2v) is 11.2. The molecule has 2 aromatic carbocycles. The first-order valence-electron chi connectivity index (χ1n) is 13.9. The average Bonchev–Trinajstić information content (AvgIpc) is 3.63. The minimum Gasteiger partial charge on any atom is -0.447 e. The van der Waals surface area contributed by atoms with Crippen LogP contribution in [0.5, 0.6) is 0 Å². The van der Waals surface area contributed by atoms with Crippen LogP contribution in [0.25, 0.3) is 11.1 Å². The van der Waals surface area contributed by atoms with E-state index >= 15 is 0 Å². The highest BCUT2D eigenvalue weighted by molar-refractivity contribution is 6.33. The molecule has 1 aromatic heterocycles. The molecule has 4 rings (SSSR count). The van der Waals surface area contributed by atoms with Gasteiger partial charge >= 0.3 is 25.4 Å². The van der Waals surface area contributed by atoms with Crippen molar-refractivity contribution in [3.05, 3.63) is 71.0 Å². The van der Waals surface area contributed by atoms with Crippen molar-refractivity contribution >= 4 is 48.3 Å². The molecule has 0 fully saturated rings. The van der Waals surface area contributed by atoms with Gasteiger partial charge in [0.15, 0.2) is 12.0 Å². The van der Waals surface area contributed by atoms with E-state index in [4.69, 9.17) is 22.1 Å². The minimum atomic E-state index is -4.86. The summed E-state index contributed by atoms with van der Waals surface area (Å²) < 4.78 is 99.5. The van der Waals surface area contributed by atoms with Crippen LogP contribution in [-0.2, 0) is 9.53 Å². The number of aromatic nitrogens is 2. The summed E-state index contributed by atoms with van der Waals surface area (Å²) in [5.41, 5.74) is 4.22. The number of carbonyl (C=O) groups excluding carboxylic acids is 2. The largest absolute Gasteiger partial charge is 0.447 e. The Labute approximate surface area is 278 Å². The van der Waals surface area contributed by atoms with Gasteiger partial charge < -0.3 is 15.8 Å². The number of rotatable bonds is 12. The Morgan fingerprint density at radius 1 is 1.16 bits per heavy atom. The fourth-order valence-corrected chi connectivity index (χ4v) is 4.74. The Kier molecular flexibility index (Phi) is 10.8. The standard InChI is InChI=1S/C29H27ClF7N9O3/c1-28(2,29(35,36)37)43-27(48)49-13-21(17-8-9-19(30)20(10-17)46(25(33)34)41-14-39-3)45-23(47)22(42-26(45)38)16-6-4-15(5-7-16)18-11-40-44(12-18)24(31)32/h4-12,14,21-22,24-25H,3,13H2,1-2H3,(H2,38,42)(H,43,48)/b41-14-/t21-,22-/m1/s1. The second-order valence-electron chi connectivity index (χ2n) is 10.8. The number of nitrogens with one attached hydrogen (secondary N) is 1. The van der Waals surface area contributed by atoms with E-state index in [1.54, 1.807) is 5.32 Å². The van der Waals surface area contributed by atoms with Crippen molar-refractivity contribution in [2.45, 2.75) is 50.7 Å². The molecule has 0 radical (unpaired) electrons. The van der Waals surface area contributed by atoms with Crippen LogP contribution < -0.4 is 16.1 Å². The van der Waals surface area contributed by atoms with Crippen molar-refractivity contribution in [2.24, 2.45) is 20.8 Å². The van der Waals surface area contributed by atoms with Gasteiger partial charge in [-0.05, 0) is 49.4 Å². The third-order valence-corrected chi connectivity index (χ3v) is 7.51. The van der Waals surface area contributed by atoms with E-state index in [2.05, 4.69) is 26.9 Å². The van der Waals surface area contributed by atoms with Crippen molar-refractivity contribution in [2.75, 3.05) is 11.6 Å². The number of alkyl halides is 7. The third kappa shape index (κ3) is 8.10. The van der Waals surface area contributed by atoms with Crippen molar-refractivity contribution in [3.8, 4) is 11.1 Å². The molecule has 3 N–H and O–H groups in total. The maximum atomic E-state index is 13.9. The molecule has 3 aromatic rings. The molecule has 0 saturated heterocycles. The van der Waals surface area contributed by atoms with Gasteiger partial charge in [0.25, 0.3) is 5.91 Å². The summed E-state index contributed by atoms with van der Waals surface area (Å²) >= 11 is 6.19. The molecule has 49 heavy (non-hydrogen) atoms. The molecule has 12 nitrogen and oxygen atoms in total. The number of benzene rings is 2. The molecule has 2 atom stereocenters. The number of aliphatic imine (C=N–C) groups is 2. The van der Waals surface area contributed by atoms with E-state index in [0.29, 0.717) is 35.2 Å². The van der Waals surface area contributed by atoms with Gasteiger partial charge in [0.05, 0.1) is 22.9 Å². The molecule has 0 spiro atoms. The van der Waals surface area contributed by atoms with Gasteiger partial charge in [0, 0.05) is 11.8 Å². The predicted molar refractivity (Wildman–Crippen MR) is 165 cm³/mol. The van der Waals surface area contributed by atoms with Crippen molar-refractivity contribution in [1.82, 2.24) is 20.0 Å². The van der Waals surface area contributed by atoms with E-state index in [9.17, 15) is 40.3 Å². The molecule has 0 aliphatic carbocycles. The number of hydrazone groups is 1. The van der Waals surface area contributed by atoms with Gasteiger partial charge in [-0.3, -0.25) is 14.7 Å². The number of nitrogens with zero attached hydrogens (tertiary/aromatic N) is 7. The van der Waals surface area contributed by atoms with Crippen molar-refractivity contribution < 1.29 is 45.1 Å². The van der Waals surface area contributed by atoms with Crippen LogP contribution in [0.2, 0.25) is 5.02 Å². The lowest BCUT2D eigenvalue weighted by Crippen LogP contribution is -2.54. The summed E-state index contributed by atoms with van der Waals surface area (Å²) in [5, 5.41) is 8.74. The first-order chi connectivity index (χ1) is 22.9. The molecular weight excluding hydrogens is 691 g/mol. The first-order valence-corrected chi connectivity index (χ1v) is 14.3. The predicted octanol–water partition coefficient (Wildman–Crippen LogP) is 6.28. The molecule has 0 unspecified atom stereocenters. The lowest BCUT2D eigenvalue weighted by atomic mass is 10.0. The van der Waals surface area contributed by atoms with Gasteiger partial charge in [-0.2, -0.15) is 40.9 Å². The Bertz CT molecular complexity index is 1750. The molecule has 262 valence electrons. The zero-order chi connectivity index (χ0) is 36.3. The maximum absolute atomic E-state index is 13.9. The number of nitrogens with two attached hydrogens (primary N) is 1. The van der Waals surface area contributed by atoms with Crippen LogP contribution in [0.15, 0.2) is 69.9 Å². The van der Waals surface area contributed by atoms with Crippen LogP contribution >= 0.6 is 11.6 Å². The second kappa shape index (κ2) is 14.5. The Morgan fingerprint density at radius 3 is 2.41 bits per heavy atom. The summed E-state index contributed by atoms with van der Waals surface area (Å²) in [7, 11) is 0. The molecule has 20 heteroatoms. The highest BCUT2D eigenvalue weighted by Gasteiger charge is 2.49. The zero-order valence-corrected chi connectivity index (χ0v) is 26.2. The van der Waals surface area contributed by atoms with Gasteiger partial charge in [0.2, 0.25) is 0 Å². The Balaban J connectivity index is 1.68. The molecule has 2 amide bonds. The molecule has 0 bridgehead atoms. The van der Waals surface area contributed by atoms with Crippen LogP contribution in [-0.4, -0.2) is 70.6 Å². The van der Waals surface area contributed by atoms with E-state index < -0.39 is 61.5 Å². The fourth-order valence-electron chi connectivity index (χ4n) is 4.54. The smallest absolute Gasteiger partial charge is 0.411 e. The van der Waals surface area contributed by atoms with E-state index in [-0.39, 0.29) is 21.3 Å². The van der Waals surface area contributed by atoms with E-state index in [1.807, 2.05) is 0 Å². The quantitative estimate of drug-likeness (QED) is 0.0743. The minimum absolute atomic E-state index is 0.00626.